The van der Waals surface area contributed by atoms with Crippen LogP contribution < -0.4 is 5.32 Å². The summed E-state index contributed by atoms with van der Waals surface area (Å²) in [5, 5.41) is 2.74. The topological polar surface area (TPSA) is 51.2 Å². The van der Waals surface area contributed by atoms with E-state index in [0.29, 0.717) is 6.54 Å². The Bertz CT molecular complexity index is 416. The monoisotopic (exact) mass is 282 g/mol. The number of aromatic nitrogens is 1. The summed E-state index contributed by atoms with van der Waals surface area (Å²) in [6.45, 7) is 8.21. The minimum absolute atomic E-state index is 0.375. The van der Waals surface area contributed by atoms with Gasteiger partial charge in [-0.1, -0.05) is 6.92 Å². The molecule has 0 fully saturated rings. The summed E-state index contributed by atoms with van der Waals surface area (Å²) in [6.07, 6.45) is 4.07. The van der Waals surface area contributed by atoms with Gasteiger partial charge in [-0.3, -0.25) is 4.98 Å². The van der Waals surface area contributed by atoms with E-state index in [-0.39, 0.29) is 6.09 Å². The molecule has 4 nitrogen and oxygen atoms in total. The smallest absolute Gasteiger partial charge is 0.407 e. The van der Waals surface area contributed by atoms with Crippen molar-refractivity contribution in [3.05, 3.63) is 24.0 Å². The normalized spacial score (nSPS) is 11.2. The van der Waals surface area contributed by atoms with E-state index in [0.717, 1.165) is 22.6 Å². The van der Waals surface area contributed by atoms with Crippen LogP contribution in [-0.4, -0.2) is 29.0 Å². The van der Waals surface area contributed by atoms with Crippen LogP contribution in [0.5, 0.6) is 0 Å². The Hall–Kier alpha value is -1.23. The fraction of sp³-hybridized carbons (Fsp3) is 0.571. The zero-order valence-electron chi connectivity index (χ0n) is 12.0. The maximum atomic E-state index is 11.5. The van der Waals surface area contributed by atoms with Gasteiger partial charge in [-0.05, 0) is 44.6 Å². The van der Waals surface area contributed by atoms with Gasteiger partial charge in [-0.2, -0.15) is 0 Å². The fourth-order valence-corrected chi connectivity index (χ4v) is 2.17. The molecule has 0 saturated carbocycles. The summed E-state index contributed by atoms with van der Waals surface area (Å²) in [4.78, 5) is 16.8. The predicted octanol–water partition coefficient (Wildman–Crippen LogP) is 3.26. The second-order valence-corrected chi connectivity index (χ2v) is 6.48. The molecule has 1 heterocycles. The van der Waals surface area contributed by atoms with Gasteiger partial charge in [-0.25, -0.2) is 4.79 Å². The molecule has 0 atom stereocenters. The van der Waals surface area contributed by atoms with E-state index < -0.39 is 5.60 Å². The SMILES string of the molecule is CCSc1cncc(CCNC(=O)OC(C)(C)C)c1. The number of nitrogens with zero attached hydrogens (tertiary/aromatic N) is 1. The summed E-state index contributed by atoms with van der Waals surface area (Å²) in [5.74, 6) is 1.03. The van der Waals surface area contributed by atoms with Gasteiger partial charge in [0.15, 0.2) is 0 Å². The first-order valence-corrected chi connectivity index (χ1v) is 7.43. The number of rotatable bonds is 5. The Morgan fingerprint density at radius 3 is 2.79 bits per heavy atom. The standard InChI is InChI=1S/C14H22N2O2S/c1-5-19-12-8-11(9-15-10-12)6-7-16-13(17)18-14(2,3)4/h8-10H,5-7H2,1-4H3,(H,16,17). The highest BCUT2D eigenvalue weighted by atomic mass is 32.2. The second kappa shape index (κ2) is 7.38. The Morgan fingerprint density at radius 2 is 2.16 bits per heavy atom. The van der Waals surface area contributed by atoms with Gasteiger partial charge < -0.3 is 10.1 Å². The molecule has 106 valence electrons. The maximum Gasteiger partial charge on any atom is 0.407 e. The molecule has 19 heavy (non-hydrogen) atoms. The lowest BCUT2D eigenvalue weighted by Crippen LogP contribution is -2.33. The van der Waals surface area contributed by atoms with Gasteiger partial charge in [0.25, 0.3) is 0 Å². The van der Waals surface area contributed by atoms with E-state index in [9.17, 15) is 4.79 Å². The van der Waals surface area contributed by atoms with Crippen LogP contribution in [0.3, 0.4) is 0 Å². The van der Waals surface area contributed by atoms with Crippen LogP contribution in [0.4, 0.5) is 4.79 Å². The highest BCUT2D eigenvalue weighted by Gasteiger charge is 2.15. The highest BCUT2D eigenvalue weighted by Crippen LogP contribution is 2.17. The van der Waals surface area contributed by atoms with Crippen molar-refractivity contribution in [2.24, 2.45) is 0 Å². The van der Waals surface area contributed by atoms with Crippen molar-refractivity contribution in [3.63, 3.8) is 0 Å². The van der Waals surface area contributed by atoms with E-state index in [2.05, 4.69) is 23.3 Å². The Kier molecular flexibility index (Phi) is 6.15. The summed E-state index contributed by atoms with van der Waals surface area (Å²) in [7, 11) is 0. The maximum absolute atomic E-state index is 11.5. The van der Waals surface area contributed by atoms with E-state index in [1.54, 1.807) is 11.8 Å². The minimum Gasteiger partial charge on any atom is -0.444 e. The van der Waals surface area contributed by atoms with E-state index >= 15 is 0 Å². The molecule has 0 aliphatic heterocycles. The lowest BCUT2D eigenvalue weighted by molar-refractivity contribution is 0.0528. The highest BCUT2D eigenvalue weighted by molar-refractivity contribution is 7.99. The van der Waals surface area contributed by atoms with Crippen molar-refractivity contribution < 1.29 is 9.53 Å². The number of hydrogen-bond acceptors (Lipinski definition) is 4. The Labute approximate surface area is 119 Å². The van der Waals surface area contributed by atoms with Gasteiger partial charge in [-0.15, -0.1) is 11.8 Å². The molecule has 0 aliphatic carbocycles. The van der Waals surface area contributed by atoms with Crippen molar-refractivity contribution in [1.82, 2.24) is 10.3 Å². The molecule has 1 aromatic rings. The number of ether oxygens (including phenoxy) is 1. The second-order valence-electron chi connectivity index (χ2n) is 5.14. The van der Waals surface area contributed by atoms with Crippen molar-refractivity contribution in [2.75, 3.05) is 12.3 Å². The molecule has 1 aromatic heterocycles. The van der Waals surface area contributed by atoms with E-state index in [1.807, 2.05) is 33.2 Å². The van der Waals surface area contributed by atoms with Crippen LogP contribution in [0.2, 0.25) is 0 Å². The summed E-state index contributed by atoms with van der Waals surface area (Å²) in [5.41, 5.74) is 0.665. The molecule has 0 unspecified atom stereocenters. The van der Waals surface area contributed by atoms with Crippen LogP contribution in [0.15, 0.2) is 23.4 Å². The third-order valence-electron chi connectivity index (χ3n) is 2.16. The van der Waals surface area contributed by atoms with Crippen LogP contribution in [0, 0.1) is 0 Å². The number of carbonyl (C=O) groups is 1. The third kappa shape index (κ3) is 7.06. The largest absolute Gasteiger partial charge is 0.444 e. The van der Waals surface area contributed by atoms with Crippen LogP contribution >= 0.6 is 11.8 Å². The molecule has 0 bridgehead atoms. The Morgan fingerprint density at radius 1 is 1.42 bits per heavy atom. The quantitative estimate of drug-likeness (QED) is 0.842. The molecule has 5 heteroatoms. The Balaban J connectivity index is 2.36. The predicted molar refractivity (Wildman–Crippen MR) is 78.6 cm³/mol. The summed E-state index contributed by atoms with van der Waals surface area (Å²) >= 11 is 1.76. The molecule has 0 aliphatic rings. The number of hydrogen-bond donors (Lipinski definition) is 1. The molecule has 0 aromatic carbocycles. The average molecular weight is 282 g/mol. The van der Waals surface area contributed by atoms with Crippen molar-refractivity contribution in [3.8, 4) is 0 Å². The zero-order valence-corrected chi connectivity index (χ0v) is 12.8. The summed E-state index contributed by atoms with van der Waals surface area (Å²) < 4.78 is 5.17. The lowest BCUT2D eigenvalue weighted by Gasteiger charge is -2.19. The zero-order chi connectivity index (χ0) is 14.3. The van der Waals surface area contributed by atoms with Gasteiger partial charge in [0.2, 0.25) is 0 Å². The number of amides is 1. The fourth-order valence-electron chi connectivity index (χ4n) is 1.47. The number of carbonyl (C=O) groups excluding carboxylic acids is 1. The van der Waals surface area contributed by atoms with Crippen LogP contribution in [0.1, 0.15) is 33.3 Å². The summed E-state index contributed by atoms with van der Waals surface area (Å²) in [6, 6.07) is 2.11. The molecule has 1 N–H and O–H groups in total. The van der Waals surface area contributed by atoms with Crippen LogP contribution in [-0.2, 0) is 11.2 Å². The molecular weight excluding hydrogens is 260 g/mol. The first-order valence-electron chi connectivity index (χ1n) is 6.44. The van der Waals surface area contributed by atoms with Gasteiger partial charge >= 0.3 is 6.09 Å². The minimum atomic E-state index is -0.455. The van der Waals surface area contributed by atoms with E-state index in [4.69, 9.17) is 4.74 Å². The van der Waals surface area contributed by atoms with Gasteiger partial charge in [0.1, 0.15) is 5.60 Å². The first kappa shape index (κ1) is 15.8. The molecular formula is C14H22N2O2S. The van der Waals surface area contributed by atoms with Gasteiger partial charge in [0.05, 0.1) is 0 Å². The molecule has 0 saturated heterocycles. The van der Waals surface area contributed by atoms with Gasteiger partial charge in [0, 0.05) is 23.8 Å². The molecule has 1 rings (SSSR count). The third-order valence-corrected chi connectivity index (χ3v) is 3.01. The molecule has 0 radical (unpaired) electrons. The van der Waals surface area contributed by atoms with Crippen molar-refractivity contribution in [1.29, 1.82) is 0 Å². The number of pyridine rings is 1. The first-order chi connectivity index (χ1) is 8.90. The molecule has 0 spiro atoms. The average Bonchev–Trinajstić information content (AvgIpc) is 2.27. The lowest BCUT2D eigenvalue weighted by atomic mass is 10.2. The number of alkyl carbamates (subject to hydrolysis) is 1. The van der Waals surface area contributed by atoms with Crippen molar-refractivity contribution in [2.45, 2.75) is 44.6 Å². The number of thioether (sulfide) groups is 1. The molecule has 1 amide bonds. The van der Waals surface area contributed by atoms with Crippen molar-refractivity contribution >= 4 is 17.9 Å². The van der Waals surface area contributed by atoms with Crippen LogP contribution in [0.25, 0.3) is 0 Å². The number of nitrogens with one attached hydrogen (secondary N) is 1. The van der Waals surface area contributed by atoms with E-state index in [1.165, 1.54) is 0 Å².